The van der Waals surface area contributed by atoms with Gasteiger partial charge in [-0.25, -0.2) is 9.78 Å². The quantitative estimate of drug-likeness (QED) is 0.705. The van der Waals surface area contributed by atoms with Gasteiger partial charge in [0.2, 0.25) is 0 Å². The summed E-state index contributed by atoms with van der Waals surface area (Å²) in [5, 5.41) is 17.4. The third-order valence-corrected chi connectivity index (χ3v) is 1.58. The first-order valence-electron chi connectivity index (χ1n) is 3.68. The second-order valence-electron chi connectivity index (χ2n) is 2.49. The van der Waals surface area contributed by atoms with E-state index < -0.39 is 6.09 Å². The van der Waals surface area contributed by atoms with E-state index in [2.05, 4.69) is 4.98 Å². The largest absolute Gasteiger partial charge is 0.465 e. The summed E-state index contributed by atoms with van der Waals surface area (Å²) in [5.74, 6) is 0.305. The summed E-state index contributed by atoms with van der Waals surface area (Å²) in [6.45, 7) is -0.193. The molecule has 1 aromatic heterocycles. The Hall–Kier alpha value is -1.62. The van der Waals surface area contributed by atoms with Gasteiger partial charge < -0.3 is 10.2 Å². The van der Waals surface area contributed by atoms with E-state index in [0.29, 0.717) is 11.5 Å². The lowest BCUT2D eigenvalue weighted by Gasteiger charge is -2.11. The smallest absolute Gasteiger partial charge is 0.412 e. The maximum absolute atomic E-state index is 10.5. The summed E-state index contributed by atoms with van der Waals surface area (Å²) in [7, 11) is 1.39. The molecule has 0 bridgehead atoms. The van der Waals surface area contributed by atoms with E-state index in [1.54, 1.807) is 18.2 Å². The summed E-state index contributed by atoms with van der Waals surface area (Å²) >= 11 is 0. The van der Waals surface area contributed by atoms with Gasteiger partial charge in [-0.1, -0.05) is 6.07 Å². The molecule has 0 saturated carbocycles. The second-order valence-corrected chi connectivity index (χ2v) is 2.49. The number of carboxylic acid groups (broad SMARTS) is 1. The number of rotatable bonds is 2. The van der Waals surface area contributed by atoms with Gasteiger partial charge >= 0.3 is 6.09 Å². The third kappa shape index (κ3) is 2.16. The van der Waals surface area contributed by atoms with Gasteiger partial charge in [0.15, 0.2) is 0 Å². The number of hydrogen-bond donors (Lipinski definition) is 2. The minimum absolute atomic E-state index is 0.193. The molecule has 0 aromatic carbocycles. The van der Waals surface area contributed by atoms with E-state index in [1.165, 1.54) is 7.05 Å². The Bertz CT molecular complexity index is 314. The van der Waals surface area contributed by atoms with E-state index in [1.807, 2.05) is 0 Å². The van der Waals surface area contributed by atoms with E-state index in [-0.39, 0.29) is 6.61 Å². The third-order valence-electron chi connectivity index (χ3n) is 1.58. The SMILES string of the molecule is CN(C(=O)O)c1cccc(CO)n1. The average Bonchev–Trinajstić information content (AvgIpc) is 2.16. The molecule has 0 aliphatic carbocycles. The maximum Gasteiger partial charge on any atom is 0.412 e. The van der Waals surface area contributed by atoms with E-state index >= 15 is 0 Å². The van der Waals surface area contributed by atoms with E-state index in [9.17, 15) is 4.79 Å². The van der Waals surface area contributed by atoms with Crippen LogP contribution in [0.15, 0.2) is 18.2 Å². The van der Waals surface area contributed by atoms with Crippen LogP contribution in [-0.4, -0.2) is 28.3 Å². The average molecular weight is 182 g/mol. The van der Waals surface area contributed by atoms with Gasteiger partial charge in [0.25, 0.3) is 0 Å². The van der Waals surface area contributed by atoms with Gasteiger partial charge in [0, 0.05) is 7.05 Å². The second kappa shape index (κ2) is 3.86. The van der Waals surface area contributed by atoms with Crippen molar-refractivity contribution in [2.45, 2.75) is 6.61 Å². The van der Waals surface area contributed by atoms with Crippen molar-refractivity contribution < 1.29 is 15.0 Å². The first kappa shape index (κ1) is 9.47. The van der Waals surface area contributed by atoms with Crippen LogP contribution >= 0.6 is 0 Å². The normalized spacial score (nSPS) is 9.69. The van der Waals surface area contributed by atoms with Crippen LogP contribution in [0.4, 0.5) is 10.6 Å². The number of carbonyl (C=O) groups is 1. The number of nitrogens with zero attached hydrogens (tertiary/aromatic N) is 2. The summed E-state index contributed by atoms with van der Waals surface area (Å²) in [6, 6.07) is 4.83. The maximum atomic E-state index is 10.5. The van der Waals surface area contributed by atoms with Crippen molar-refractivity contribution in [3.63, 3.8) is 0 Å². The van der Waals surface area contributed by atoms with Crippen molar-refractivity contribution in [3.05, 3.63) is 23.9 Å². The Balaban J connectivity index is 2.94. The fourth-order valence-corrected chi connectivity index (χ4v) is 0.840. The number of aromatic nitrogens is 1. The van der Waals surface area contributed by atoms with Crippen molar-refractivity contribution >= 4 is 11.9 Å². The van der Waals surface area contributed by atoms with Gasteiger partial charge in [-0.3, -0.25) is 4.90 Å². The molecular formula is C8H10N2O3. The van der Waals surface area contributed by atoms with Gasteiger partial charge in [-0.15, -0.1) is 0 Å². The molecule has 1 aromatic rings. The molecule has 0 saturated heterocycles. The molecule has 1 amide bonds. The molecule has 5 nitrogen and oxygen atoms in total. The van der Waals surface area contributed by atoms with Crippen LogP contribution in [0.1, 0.15) is 5.69 Å². The van der Waals surface area contributed by atoms with E-state index in [0.717, 1.165) is 4.90 Å². The van der Waals surface area contributed by atoms with Crippen LogP contribution in [0.25, 0.3) is 0 Å². The number of aliphatic hydroxyl groups excluding tert-OH is 1. The zero-order valence-corrected chi connectivity index (χ0v) is 7.14. The molecule has 0 spiro atoms. The van der Waals surface area contributed by atoms with Crippen molar-refractivity contribution in [3.8, 4) is 0 Å². The molecule has 0 aliphatic rings. The zero-order chi connectivity index (χ0) is 9.84. The Kier molecular flexibility index (Phi) is 2.81. The summed E-state index contributed by atoms with van der Waals surface area (Å²) in [4.78, 5) is 15.4. The summed E-state index contributed by atoms with van der Waals surface area (Å²) < 4.78 is 0. The fourth-order valence-electron chi connectivity index (χ4n) is 0.840. The number of anilines is 1. The van der Waals surface area contributed by atoms with Gasteiger partial charge in [0.1, 0.15) is 5.82 Å². The summed E-state index contributed by atoms with van der Waals surface area (Å²) in [5.41, 5.74) is 0.450. The lowest BCUT2D eigenvalue weighted by Crippen LogP contribution is -2.24. The highest BCUT2D eigenvalue weighted by Crippen LogP contribution is 2.09. The molecule has 0 radical (unpaired) electrons. The van der Waals surface area contributed by atoms with Crippen LogP contribution < -0.4 is 4.90 Å². The lowest BCUT2D eigenvalue weighted by atomic mass is 10.3. The minimum Gasteiger partial charge on any atom is -0.465 e. The minimum atomic E-state index is -1.08. The van der Waals surface area contributed by atoms with Crippen LogP contribution in [0.3, 0.4) is 0 Å². The van der Waals surface area contributed by atoms with Crippen molar-refractivity contribution in [1.29, 1.82) is 0 Å². The Morgan fingerprint density at radius 1 is 1.62 bits per heavy atom. The van der Waals surface area contributed by atoms with Crippen LogP contribution in [-0.2, 0) is 6.61 Å². The highest BCUT2D eigenvalue weighted by Gasteiger charge is 2.09. The van der Waals surface area contributed by atoms with Crippen LogP contribution in [0.5, 0.6) is 0 Å². The molecule has 0 fully saturated rings. The topological polar surface area (TPSA) is 73.7 Å². The monoisotopic (exact) mass is 182 g/mol. The van der Waals surface area contributed by atoms with Crippen molar-refractivity contribution in [2.24, 2.45) is 0 Å². The Morgan fingerprint density at radius 3 is 2.85 bits per heavy atom. The first-order valence-corrected chi connectivity index (χ1v) is 3.68. The Labute approximate surface area is 75.3 Å². The molecule has 1 heterocycles. The van der Waals surface area contributed by atoms with Crippen molar-refractivity contribution in [2.75, 3.05) is 11.9 Å². The predicted molar refractivity (Wildman–Crippen MR) is 46.6 cm³/mol. The number of aliphatic hydroxyl groups is 1. The Morgan fingerprint density at radius 2 is 2.31 bits per heavy atom. The summed E-state index contributed by atoms with van der Waals surface area (Å²) in [6.07, 6.45) is -1.08. The molecule has 0 unspecified atom stereocenters. The van der Waals surface area contributed by atoms with E-state index in [4.69, 9.17) is 10.2 Å². The fraction of sp³-hybridized carbons (Fsp3) is 0.250. The molecular weight excluding hydrogens is 172 g/mol. The number of hydrogen-bond acceptors (Lipinski definition) is 3. The molecule has 0 atom stereocenters. The molecule has 13 heavy (non-hydrogen) atoms. The molecule has 5 heteroatoms. The molecule has 1 rings (SSSR count). The van der Waals surface area contributed by atoms with Gasteiger partial charge in [0.05, 0.1) is 12.3 Å². The van der Waals surface area contributed by atoms with Crippen LogP contribution in [0.2, 0.25) is 0 Å². The van der Waals surface area contributed by atoms with Crippen LogP contribution in [0, 0.1) is 0 Å². The standard InChI is InChI=1S/C8H10N2O3/c1-10(8(12)13)7-4-2-3-6(5-11)9-7/h2-4,11H,5H2,1H3,(H,12,13). The molecule has 70 valence electrons. The van der Waals surface area contributed by atoms with Gasteiger partial charge in [-0.2, -0.15) is 0 Å². The number of amides is 1. The van der Waals surface area contributed by atoms with Crippen molar-refractivity contribution in [1.82, 2.24) is 4.98 Å². The number of pyridine rings is 1. The first-order chi connectivity index (χ1) is 6.15. The highest BCUT2D eigenvalue weighted by molar-refractivity contribution is 5.83. The lowest BCUT2D eigenvalue weighted by molar-refractivity contribution is 0.203. The highest BCUT2D eigenvalue weighted by atomic mass is 16.4. The van der Waals surface area contributed by atoms with Gasteiger partial charge in [-0.05, 0) is 12.1 Å². The molecule has 0 aliphatic heterocycles. The zero-order valence-electron chi connectivity index (χ0n) is 7.14. The predicted octanol–water partition coefficient (Wildman–Crippen LogP) is 0.688. The molecule has 2 N–H and O–H groups in total.